The zero-order chi connectivity index (χ0) is 8.43. The largest absolute Gasteiger partial charge is 0.381 e. The molecular weight excluding hydrogens is 148 g/mol. The first-order chi connectivity index (χ1) is 5.16. The maximum atomic E-state index is 11.1. The Hall–Kier alpha value is -1.07. The third kappa shape index (κ3) is 1.33. The van der Waals surface area contributed by atoms with Gasteiger partial charge in [0.15, 0.2) is 0 Å². The van der Waals surface area contributed by atoms with Gasteiger partial charge in [0.05, 0.1) is 5.56 Å². The van der Waals surface area contributed by atoms with Gasteiger partial charge in [-0.25, -0.2) is 5.90 Å². The molecule has 0 fully saturated rings. The van der Waals surface area contributed by atoms with E-state index in [1.807, 2.05) is 0 Å². The summed E-state index contributed by atoms with van der Waals surface area (Å²) in [5.74, 6) is 5.36. The third-order valence-corrected chi connectivity index (χ3v) is 1.47. The Bertz CT molecular complexity index is 299. The van der Waals surface area contributed by atoms with Gasteiger partial charge in [0.25, 0.3) is 5.56 Å². The number of aryl methyl sites for hydroxylation is 2. The highest BCUT2D eigenvalue weighted by Gasteiger charge is 2.10. The molecule has 0 radical (unpaired) electrons. The molecule has 2 N–H and O–H groups in total. The van der Waals surface area contributed by atoms with Gasteiger partial charge >= 0.3 is 0 Å². The lowest BCUT2D eigenvalue weighted by molar-refractivity contribution is 0.122. The van der Waals surface area contributed by atoms with Crippen LogP contribution in [0, 0.1) is 6.92 Å². The first-order valence-electron chi connectivity index (χ1n) is 3.14. The molecule has 1 aromatic heterocycles. The molecule has 0 aliphatic carbocycles. The number of rotatable bonds is 2. The SMILES string of the molecule is Cc1on(C)c(=O)c1CON. The lowest BCUT2D eigenvalue weighted by Gasteiger charge is -1.89. The van der Waals surface area contributed by atoms with Crippen LogP contribution in [0.15, 0.2) is 9.32 Å². The number of nitrogens with zero attached hydrogens (tertiary/aromatic N) is 1. The smallest absolute Gasteiger partial charge is 0.288 e. The minimum atomic E-state index is -0.201. The molecule has 0 atom stereocenters. The highest BCUT2D eigenvalue weighted by molar-refractivity contribution is 5.10. The molecule has 5 nitrogen and oxygen atoms in total. The van der Waals surface area contributed by atoms with Crippen LogP contribution in [0.4, 0.5) is 0 Å². The second-order valence-corrected chi connectivity index (χ2v) is 2.24. The molecule has 62 valence electrons. The van der Waals surface area contributed by atoms with Crippen LogP contribution in [0.25, 0.3) is 0 Å². The molecule has 0 aliphatic heterocycles. The number of hydrogen-bond donors (Lipinski definition) is 1. The predicted octanol–water partition coefficient (Wildman–Crippen LogP) is -0.323. The van der Waals surface area contributed by atoms with E-state index in [1.165, 1.54) is 7.05 Å². The zero-order valence-corrected chi connectivity index (χ0v) is 6.46. The van der Waals surface area contributed by atoms with Gasteiger partial charge in [-0.15, -0.1) is 0 Å². The van der Waals surface area contributed by atoms with Crippen molar-refractivity contribution in [3.63, 3.8) is 0 Å². The van der Waals surface area contributed by atoms with Crippen molar-refractivity contribution < 1.29 is 9.36 Å². The Kier molecular flexibility index (Phi) is 2.11. The van der Waals surface area contributed by atoms with Gasteiger partial charge in [-0.2, -0.15) is 4.74 Å². The summed E-state index contributed by atoms with van der Waals surface area (Å²) in [7, 11) is 1.54. The lowest BCUT2D eigenvalue weighted by atomic mass is 10.3. The fraction of sp³-hybridized carbons (Fsp3) is 0.500. The second-order valence-electron chi connectivity index (χ2n) is 2.24. The van der Waals surface area contributed by atoms with E-state index in [4.69, 9.17) is 10.4 Å². The summed E-state index contributed by atoms with van der Waals surface area (Å²) in [5.41, 5.74) is 0.267. The van der Waals surface area contributed by atoms with Crippen molar-refractivity contribution in [2.45, 2.75) is 13.5 Å². The fourth-order valence-corrected chi connectivity index (χ4v) is 0.889. The van der Waals surface area contributed by atoms with E-state index >= 15 is 0 Å². The minimum absolute atomic E-state index is 0.0923. The third-order valence-electron chi connectivity index (χ3n) is 1.47. The predicted molar refractivity (Wildman–Crippen MR) is 37.7 cm³/mol. The summed E-state index contributed by atoms with van der Waals surface area (Å²) in [6, 6.07) is 0. The molecule has 0 saturated heterocycles. The average Bonchev–Trinajstić information content (AvgIpc) is 2.17. The van der Waals surface area contributed by atoms with Crippen LogP contribution in [0.5, 0.6) is 0 Å². The number of aromatic nitrogens is 1. The van der Waals surface area contributed by atoms with Gasteiger partial charge in [-0.05, 0) is 6.92 Å². The van der Waals surface area contributed by atoms with Crippen LogP contribution in [0.1, 0.15) is 11.3 Å². The normalized spacial score (nSPS) is 10.5. The first-order valence-corrected chi connectivity index (χ1v) is 3.14. The molecule has 1 aromatic rings. The molecule has 0 bridgehead atoms. The van der Waals surface area contributed by atoms with Crippen molar-refractivity contribution in [3.05, 3.63) is 21.7 Å². The van der Waals surface area contributed by atoms with E-state index in [-0.39, 0.29) is 12.2 Å². The Balaban J connectivity index is 3.12. The summed E-state index contributed by atoms with van der Waals surface area (Å²) in [6.07, 6.45) is 0. The monoisotopic (exact) mass is 158 g/mol. The summed E-state index contributed by atoms with van der Waals surface area (Å²) >= 11 is 0. The van der Waals surface area contributed by atoms with Gasteiger partial charge < -0.3 is 4.52 Å². The number of hydrogen-bond acceptors (Lipinski definition) is 4. The van der Waals surface area contributed by atoms with Crippen molar-refractivity contribution >= 4 is 0 Å². The molecule has 11 heavy (non-hydrogen) atoms. The Morgan fingerprint density at radius 2 is 2.36 bits per heavy atom. The molecule has 0 unspecified atom stereocenters. The Morgan fingerprint density at radius 3 is 2.73 bits per heavy atom. The average molecular weight is 158 g/mol. The van der Waals surface area contributed by atoms with E-state index in [0.29, 0.717) is 11.3 Å². The topological polar surface area (TPSA) is 70.4 Å². The van der Waals surface area contributed by atoms with E-state index < -0.39 is 0 Å². The Morgan fingerprint density at radius 1 is 1.73 bits per heavy atom. The zero-order valence-electron chi connectivity index (χ0n) is 6.46. The molecule has 1 heterocycles. The standard InChI is InChI=1S/C6H10N2O3/c1-4-5(3-10-7)6(9)8(2)11-4/h3,7H2,1-2H3. The second kappa shape index (κ2) is 2.89. The highest BCUT2D eigenvalue weighted by Crippen LogP contribution is 2.02. The van der Waals surface area contributed by atoms with Gasteiger partial charge in [0.1, 0.15) is 12.4 Å². The molecule has 1 rings (SSSR count). The molecule has 0 saturated carbocycles. The van der Waals surface area contributed by atoms with E-state index in [0.717, 1.165) is 4.74 Å². The highest BCUT2D eigenvalue weighted by atomic mass is 16.6. The van der Waals surface area contributed by atoms with Crippen LogP contribution in [-0.4, -0.2) is 4.74 Å². The molecule has 0 spiro atoms. The molecular formula is C6H10N2O3. The molecule has 0 aliphatic rings. The van der Waals surface area contributed by atoms with Gasteiger partial charge in [-0.1, -0.05) is 0 Å². The van der Waals surface area contributed by atoms with Crippen molar-refractivity contribution in [1.29, 1.82) is 0 Å². The van der Waals surface area contributed by atoms with Crippen molar-refractivity contribution in [2.75, 3.05) is 0 Å². The van der Waals surface area contributed by atoms with Crippen molar-refractivity contribution in [3.8, 4) is 0 Å². The maximum Gasteiger partial charge on any atom is 0.288 e. The molecule has 0 aromatic carbocycles. The summed E-state index contributed by atoms with van der Waals surface area (Å²) < 4.78 is 6.11. The van der Waals surface area contributed by atoms with Gasteiger partial charge in [0.2, 0.25) is 0 Å². The molecule has 0 amide bonds. The van der Waals surface area contributed by atoms with Crippen molar-refractivity contribution in [2.24, 2.45) is 12.9 Å². The quantitative estimate of drug-likeness (QED) is 0.598. The van der Waals surface area contributed by atoms with Crippen molar-refractivity contribution in [1.82, 2.24) is 4.74 Å². The maximum absolute atomic E-state index is 11.1. The van der Waals surface area contributed by atoms with Crippen LogP contribution < -0.4 is 11.5 Å². The fourth-order valence-electron chi connectivity index (χ4n) is 0.889. The van der Waals surface area contributed by atoms with Crippen LogP contribution in [0.3, 0.4) is 0 Å². The van der Waals surface area contributed by atoms with Crippen LogP contribution >= 0.6 is 0 Å². The molecule has 5 heteroatoms. The van der Waals surface area contributed by atoms with Crippen LogP contribution in [0.2, 0.25) is 0 Å². The summed E-state index contributed by atoms with van der Waals surface area (Å²) in [5, 5.41) is 0. The van der Waals surface area contributed by atoms with E-state index in [2.05, 4.69) is 4.84 Å². The Labute approximate surface area is 63.3 Å². The number of nitrogens with two attached hydrogens (primary N) is 1. The van der Waals surface area contributed by atoms with Crippen LogP contribution in [-0.2, 0) is 18.5 Å². The summed E-state index contributed by atoms with van der Waals surface area (Å²) in [4.78, 5) is 15.4. The minimum Gasteiger partial charge on any atom is -0.381 e. The lowest BCUT2D eigenvalue weighted by Crippen LogP contribution is -2.16. The summed E-state index contributed by atoms with van der Waals surface area (Å²) in [6.45, 7) is 1.78. The van der Waals surface area contributed by atoms with Gasteiger partial charge in [-0.3, -0.25) is 9.63 Å². The van der Waals surface area contributed by atoms with E-state index in [1.54, 1.807) is 6.92 Å². The first kappa shape index (κ1) is 8.03. The van der Waals surface area contributed by atoms with E-state index in [9.17, 15) is 4.79 Å². The van der Waals surface area contributed by atoms with Gasteiger partial charge in [0, 0.05) is 7.05 Å².